The lowest BCUT2D eigenvalue weighted by atomic mass is 10.3. The van der Waals surface area contributed by atoms with Crippen LogP contribution in [0.5, 0.6) is 0 Å². The highest BCUT2D eigenvalue weighted by molar-refractivity contribution is 7.91. The predicted octanol–water partition coefficient (Wildman–Crippen LogP) is 3.55. The molecule has 7 nitrogen and oxygen atoms in total. The van der Waals surface area contributed by atoms with Crippen LogP contribution in [-0.2, 0) is 21.4 Å². The molecule has 0 fully saturated rings. The van der Waals surface area contributed by atoms with E-state index in [0.717, 1.165) is 24.0 Å². The number of imidazole rings is 1. The van der Waals surface area contributed by atoms with Crippen LogP contribution in [0.1, 0.15) is 26.2 Å². The quantitative estimate of drug-likeness (QED) is 0.574. The van der Waals surface area contributed by atoms with E-state index in [1.165, 1.54) is 22.7 Å². The zero-order valence-corrected chi connectivity index (χ0v) is 17.6. The van der Waals surface area contributed by atoms with Gasteiger partial charge in [-0.2, -0.15) is 0 Å². The second kappa shape index (κ2) is 8.85. The minimum absolute atomic E-state index is 0.172. The number of para-hydroxylation sites is 2. The normalized spacial score (nSPS) is 12.0. The number of thiophene rings is 1. The third-order valence-corrected chi connectivity index (χ3v) is 7.62. The molecule has 0 saturated heterocycles. The fraction of sp³-hybridized carbons (Fsp3) is 0.368. The van der Waals surface area contributed by atoms with Crippen LogP contribution in [0.25, 0.3) is 11.0 Å². The Labute approximate surface area is 169 Å². The van der Waals surface area contributed by atoms with Gasteiger partial charge in [0.05, 0.1) is 11.0 Å². The second-order valence-corrected chi connectivity index (χ2v) is 9.71. The maximum atomic E-state index is 12.4. The van der Waals surface area contributed by atoms with E-state index in [9.17, 15) is 13.2 Å². The molecule has 0 aliphatic rings. The van der Waals surface area contributed by atoms with Crippen LogP contribution in [0.2, 0.25) is 0 Å². The zero-order valence-electron chi connectivity index (χ0n) is 16.0. The summed E-state index contributed by atoms with van der Waals surface area (Å²) in [5.74, 6) is 0.363. The molecule has 0 atom stereocenters. The summed E-state index contributed by atoms with van der Waals surface area (Å²) in [5, 5.41) is 4.60. The van der Waals surface area contributed by atoms with Crippen LogP contribution in [0, 0.1) is 0 Å². The zero-order chi connectivity index (χ0) is 20.1. The van der Waals surface area contributed by atoms with Crippen LogP contribution < -0.4 is 5.32 Å². The van der Waals surface area contributed by atoms with Crippen molar-refractivity contribution in [2.45, 2.75) is 36.9 Å². The van der Waals surface area contributed by atoms with E-state index in [1.54, 1.807) is 17.5 Å². The number of rotatable bonds is 9. The molecule has 0 aliphatic heterocycles. The van der Waals surface area contributed by atoms with Gasteiger partial charge in [-0.15, -0.1) is 11.3 Å². The van der Waals surface area contributed by atoms with Crippen LogP contribution in [0.3, 0.4) is 0 Å². The third kappa shape index (κ3) is 4.43. The van der Waals surface area contributed by atoms with E-state index < -0.39 is 10.0 Å². The lowest BCUT2D eigenvalue weighted by Gasteiger charge is -2.15. The molecule has 0 radical (unpaired) electrons. The number of sulfonamides is 1. The molecule has 2 heterocycles. The summed E-state index contributed by atoms with van der Waals surface area (Å²) in [7, 11) is -1.94. The highest BCUT2D eigenvalue weighted by Crippen LogP contribution is 2.21. The molecule has 3 rings (SSSR count). The average Bonchev–Trinajstić information content (AvgIpc) is 3.31. The SMILES string of the molecule is CCCn1c(NC(=O)CCCN(C)S(=O)(=O)c2cccs2)nc2ccccc21. The maximum Gasteiger partial charge on any atom is 0.252 e. The standard InChI is InChI=1S/C19H24N4O3S2/c1-3-12-23-16-9-5-4-8-15(16)20-19(23)21-17(24)10-6-13-22(2)28(25,26)18-11-7-14-27-18/h4-5,7-9,11,14H,3,6,10,12-13H2,1-2H3,(H,20,21,24). The fourth-order valence-electron chi connectivity index (χ4n) is 2.95. The van der Waals surface area contributed by atoms with E-state index in [2.05, 4.69) is 17.2 Å². The maximum absolute atomic E-state index is 12.4. The molecule has 0 spiro atoms. The summed E-state index contributed by atoms with van der Waals surface area (Å²) < 4.78 is 28.4. The number of amides is 1. The summed E-state index contributed by atoms with van der Waals surface area (Å²) in [6, 6.07) is 11.1. The Bertz CT molecular complexity index is 1040. The van der Waals surface area contributed by atoms with E-state index in [-0.39, 0.29) is 18.9 Å². The first-order chi connectivity index (χ1) is 13.4. The molecule has 9 heteroatoms. The van der Waals surface area contributed by atoms with Gasteiger partial charge in [0, 0.05) is 26.6 Å². The number of anilines is 1. The molecule has 2 aromatic heterocycles. The highest BCUT2D eigenvalue weighted by atomic mass is 32.2. The lowest BCUT2D eigenvalue weighted by molar-refractivity contribution is -0.116. The number of aromatic nitrogens is 2. The van der Waals surface area contributed by atoms with Gasteiger partial charge in [0.1, 0.15) is 4.21 Å². The van der Waals surface area contributed by atoms with Gasteiger partial charge in [0.2, 0.25) is 11.9 Å². The van der Waals surface area contributed by atoms with E-state index >= 15 is 0 Å². The summed E-state index contributed by atoms with van der Waals surface area (Å²) >= 11 is 1.19. The van der Waals surface area contributed by atoms with E-state index in [4.69, 9.17) is 0 Å². The van der Waals surface area contributed by atoms with Crippen LogP contribution in [0.15, 0.2) is 46.0 Å². The number of nitrogens with zero attached hydrogens (tertiary/aromatic N) is 3. The van der Waals surface area contributed by atoms with Crippen molar-refractivity contribution >= 4 is 44.2 Å². The van der Waals surface area contributed by atoms with Crippen molar-refractivity contribution in [2.24, 2.45) is 0 Å². The van der Waals surface area contributed by atoms with Gasteiger partial charge in [-0.3, -0.25) is 10.1 Å². The topological polar surface area (TPSA) is 84.3 Å². The average molecular weight is 421 g/mol. The van der Waals surface area contributed by atoms with Gasteiger partial charge in [-0.25, -0.2) is 17.7 Å². The number of nitrogens with one attached hydrogen (secondary N) is 1. The summed E-state index contributed by atoms with van der Waals surface area (Å²) in [6.07, 6.45) is 1.58. The summed E-state index contributed by atoms with van der Waals surface area (Å²) in [6.45, 7) is 3.11. The Morgan fingerprint density at radius 3 is 2.75 bits per heavy atom. The molecule has 0 bridgehead atoms. The smallest absolute Gasteiger partial charge is 0.252 e. The summed E-state index contributed by atoms with van der Waals surface area (Å²) in [4.78, 5) is 16.9. The molecule has 1 aromatic carbocycles. The Balaban J connectivity index is 1.59. The minimum Gasteiger partial charge on any atom is -0.310 e. The van der Waals surface area contributed by atoms with Crippen molar-refractivity contribution in [3.8, 4) is 0 Å². The van der Waals surface area contributed by atoms with Crippen molar-refractivity contribution in [3.05, 3.63) is 41.8 Å². The van der Waals surface area contributed by atoms with Crippen molar-refractivity contribution in [2.75, 3.05) is 18.9 Å². The molecule has 150 valence electrons. The predicted molar refractivity (Wildman–Crippen MR) is 112 cm³/mol. The first-order valence-electron chi connectivity index (χ1n) is 9.18. The first-order valence-corrected chi connectivity index (χ1v) is 11.5. The van der Waals surface area contributed by atoms with Gasteiger partial charge >= 0.3 is 0 Å². The van der Waals surface area contributed by atoms with Gasteiger partial charge in [0.15, 0.2) is 0 Å². The number of carbonyl (C=O) groups is 1. The van der Waals surface area contributed by atoms with Crippen LogP contribution in [-0.4, -0.2) is 41.8 Å². The van der Waals surface area contributed by atoms with Crippen molar-refractivity contribution < 1.29 is 13.2 Å². The monoisotopic (exact) mass is 420 g/mol. The van der Waals surface area contributed by atoms with Crippen molar-refractivity contribution in [1.82, 2.24) is 13.9 Å². The van der Waals surface area contributed by atoms with Gasteiger partial charge in [-0.05, 0) is 36.4 Å². The highest BCUT2D eigenvalue weighted by Gasteiger charge is 2.21. The largest absolute Gasteiger partial charge is 0.310 e. The number of hydrogen-bond donors (Lipinski definition) is 1. The Morgan fingerprint density at radius 1 is 1.25 bits per heavy atom. The molecule has 0 aliphatic carbocycles. The summed E-state index contributed by atoms with van der Waals surface area (Å²) in [5.41, 5.74) is 1.83. The van der Waals surface area contributed by atoms with E-state index in [0.29, 0.717) is 16.6 Å². The third-order valence-electron chi connectivity index (χ3n) is 4.39. The molecular formula is C19H24N4O3S2. The molecule has 0 unspecified atom stereocenters. The first kappa shape index (κ1) is 20.5. The van der Waals surface area contributed by atoms with Crippen LogP contribution in [0.4, 0.5) is 5.95 Å². The molecule has 28 heavy (non-hydrogen) atoms. The molecule has 1 N–H and O–H groups in total. The van der Waals surface area contributed by atoms with E-state index in [1.807, 2.05) is 28.8 Å². The van der Waals surface area contributed by atoms with Gasteiger partial charge in [-0.1, -0.05) is 25.1 Å². The fourth-order valence-corrected chi connectivity index (χ4v) is 5.36. The van der Waals surface area contributed by atoms with Crippen molar-refractivity contribution in [1.29, 1.82) is 0 Å². The van der Waals surface area contributed by atoms with Gasteiger partial charge < -0.3 is 4.57 Å². The molecular weight excluding hydrogens is 396 g/mol. The number of carbonyl (C=O) groups excluding carboxylic acids is 1. The van der Waals surface area contributed by atoms with Gasteiger partial charge in [0.25, 0.3) is 10.0 Å². The number of hydrogen-bond acceptors (Lipinski definition) is 5. The number of benzene rings is 1. The molecule has 0 saturated carbocycles. The number of aryl methyl sites for hydroxylation is 1. The minimum atomic E-state index is -3.48. The Morgan fingerprint density at radius 2 is 2.04 bits per heavy atom. The molecule has 1 amide bonds. The Kier molecular flexibility index (Phi) is 6.48. The Hall–Kier alpha value is -2.23. The lowest BCUT2D eigenvalue weighted by Crippen LogP contribution is -2.28. The van der Waals surface area contributed by atoms with Crippen molar-refractivity contribution in [3.63, 3.8) is 0 Å². The number of fused-ring (bicyclic) bond motifs is 1. The van der Waals surface area contributed by atoms with Crippen LogP contribution >= 0.6 is 11.3 Å². The molecule has 3 aromatic rings. The second-order valence-electron chi connectivity index (χ2n) is 6.49.